The first-order chi connectivity index (χ1) is 14.9. The number of hydrogen-bond acceptors (Lipinski definition) is 5. The summed E-state index contributed by atoms with van der Waals surface area (Å²) in [6.07, 6.45) is 3.69. The Morgan fingerprint density at radius 3 is 2.42 bits per heavy atom. The van der Waals surface area contributed by atoms with Crippen LogP contribution in [0.1, 0.15) is 31.2 Å². The Labute approximate surface area is 187 Å². The summed E-state index contributed by atoms with van der Waals surface area (Å²) in [5.41, 5.74) is 0.934. The van der Waals surface area contributed by atoms with Gasteiger partial charge in [-0.15, -0.1) is 0 Å². The molecule has 2 aromatic carbocycles. The van der Waals surface area contributed by atoms with Crippen molar-refractivity contribution in [2.75, 3.05) is 25.0 Å². The second kappa shape index (κ2) is 10.7. The number of amides is 1. The lowest BCUT2D eigenvalue weighted by Crippen LogP contribution is -2.32. The van der Waals surface area contributed by atoms with E-state index in [0.717, 1.165) is 25.7 Å². The van der Waals surface area contributed by atoms with Crippen molar-refractivity contribution in [1.29, 1.82) is 0 Å². The molecule has 0 atom stereocenters. The van der Waals surface area contributed by atoms with Crippen molar-refractivity contribution in [3.63, 3.8) is 0 Å². The van der Waals surface area contributed by atoms with Gasteiger partial charge in [-0.05, 0) is 42.7 Å². The fraction of sp³-hybridized carbons (Fsp3) is 0.364. The zero-order valence-corrected chi connectivity index (χ0v) is 18.6. The van der Waals surface area contributed by atoms with Crippen LogP contribution in [0, 0.1) is 0 Å². The van der Waals surface area contributed by atoms with Gasteiger partial charge < -0.3 is 10.1 Å². The fourth-order valence-electron chi connectivity index (χ4n) is 3.36. The highest BCUT2D eigenvalue weighted by Crippen LogP contribution is 2.22. The molecule has 0 aliphatic carbocycles. The summed E-state index contributed by atoms with van der Waals surface area (Å²) in [5, 5.41) is 3.03. The molecule has 0 unspecified atom stereocenters. The van der Waals surface area contributed by atoms with Gasteiger partial charge in [0.25, 0.3) is 5.91 Å². The van der Waals surface area contributed by atoms with E-state index < -0.39 is 28.5 Å². The number of benzene rings is 2. The number of rotatable bonds is 7. The Hall–Kier alpha value is -2.42. The lowest BCUT2D eigenvalue weighted by atomic mass is 10.1. The van der Waals surface area contributed by atoms with Gasteiger partial charge in [0.1, 0.15) is 0 Å². The van der Waals surface area contributed by atoms with Gasteiger partial charge in [-0.3, -0.25) is 9.59 Å². The molecule has 9 heteroatoms. The maximum atomic E-state index is 12.9. The first-order valence-electron chi connectivity index (χ1n) is 10.2. The van der Waals surface area contributed by atoms with Crippen LogP contribution in [-0.4, -0.2) is 44.3 Å². The molecule has 1 saturated heterocycles. The Balaban J connectivity index is 1.57. The number of nitrogens with one attached hydrogen (secondary N) is 1. The van der Waals surface area contributed by atoms with E-state index in [2.05, 4.69) is 5.32 Å². The lowest BCUT2D eigenvalue weighted by molar-refractivity contribution is -0.146. The SMILES string of the molecule is O=C(COC(=O)Cc1ccccc1Cl)Nc1cccc(S(=O)(=O)N2CCCCCC2)c1. The zero-order valence-electron chi connectivity index (χ0n) is 17.1. The molecular weight excluding hydrogens is 440 g/mol. The molecule has 1 aliphatic heterocycles. The molecule has 0 aromatic heterocycles. The minimum atomic E-state index is -3.62. The van der Waals surface area contributed by atoms with Crippen molar-refractivity contribution in [3.05, 3.63) is 59.1 Å². The van der Waals surface area contributed by atoms with Gasteiger partial charge in [0.2, 0.25) is 10.0 Å². The van der Waals surface area contributed by atoms with E-state index in [1.54, 1.807) is 36.4 Å². The third kappa shape index (κ3) is 6.53. The van der Waals surface area contributed by atoms with Crippen molar-refractivity contribution in [2.24, 2.45) is 0 Å². The van der Waals surface area contributed by atoms with Crippen molar-refractivity contribution in [3.8, 4) is 0 Å². The second-order valence-electron chi connectivity index (χ2n) is 7.32. The Bertz CT molecular complexity index is 1030. The molecule has 7 nitrogen and oxygen atoms in total. The number of anilines is 1. The highest BCUT2D eigenvalue weighted by atomic mass is 35.5. The number of esters is 1. The zero-order chi connectivity index (χ0) is 22.3. The topological polar surface area (TPSA) is 92.8 Å². The van der Waals surface area contributed by atoms with Crippen LogP contribution in [0.3, 0.4) is 0 Å². The summed E-state index contributed by atoms with van der Waals surface area (Å²) in [7, 11) is -3.62. The Morgan fingerprint density at radius 2 is 1.71 bits per heavy atom. The predicted octanol–water partition coefficient (Wildman–Crippen LogP) is 3.63. The molecule has 31 heavy (non-hydrogen) atoms. The van der Waals surface area contributed by atoms with Gasteiger partial charge in [-0.2, -0.15) is 4.31 Å². The summed E-state index contributed by atoms with van der Waals surface area (Å²) in [6, 6.07) is 13.0. The van der Waals surface area contributed by atoms with E-state index in [-0.39, 0.29) is 11.3 Å². The normalized spacial score (nSPS) is 15.1. The quantitative estimate of drug-likeness (QED) is 0.631. The molecule has 3 rings (SSSR count). The number of sulfonamides is 1. The van der Waals surface area contributed by atoms with E-state index in [1.807, 2.05) is 0 Å². The van der Waals surface area contributed by atoms with Crippen LogP contribution in [0.15, 0.2) is 53.4 Å². The maximum absolute atomic E-state index is 12.9. The highest BCUT2D eigenvalue weighted by molar-refractivity contribution is 7.89. The van der Waals surface area contributed by atoms with Gasteiger partial charge in [-0.25, -0.2) is 8.42 Å². The summed E-state index contributed by atoms with van der Waals surface area (Å²) < 4.78 is 32.4. The van der Waals surface area contributed by atoms with Crippen LogP contribution < -0.4 is 5.32 Å². The van der Waals surface area contributed by atoms with Crippen LogP contribution in [0.2, 0.25) is 5.02 Å². The molecule has 1 N–H and O–H groups in total. The summed E-state index contributed by atoms with van der Waals surface area (Å²) >= 11 is 6.02. The van der Waals surface area contributed by atoms with Gasteiger partial charge in [0, 0.05) is 23.8 Å². The van der Waals surface area contributed by atoms with E-state index in [0.29, 0.717) is 29.4 Å². The Kier molecular flexibility index (Phi) is 8.06. The predicted molar refractivity (Wildman–Crippen MR) is 118 cm³/mol. The number of halogens is 1. The molecule has 1 amide bonds. The standard InChI is InChI=1S/C22H25ClN2O5S/c23-20-11-4-3-8-17(20)14-22(27)30-16-21(26)24-18-9-7-10-19(15-18)31(28,29)25-12-5-1-2-6-13-25/h3-4,7-11,15H,1-2,5-6,12-14,16H2,(H,24,26). The van der Waals surface area contributed by atoms with Crippen LogP contribution >= 0.6 is 11.6 Å². The van der Waals surface area contributed by atoms with Gasteiger partial charge in [0.05, 0.1) is 11.3 Å². The van der Waals surface area contributed by atoms with Crippen molar-refractivity contribution in [1.82, 2.24) is 4.31 Å². The molecule has 166 valence electrons. The molecule has 0 bridgehead atoms. The van der Waals surface area contributed by atoms with Crippen LogP contribution in [0.25, 0.3) is 0 Å². The number of hydrogen-bond donors (Lipinski definition) is 1. The van der Waals surface area contributed by atoms with E-state index in [1.165, 1.54) is 16.4 Å². The number of carbonyl (C=O) groups excluding carboxylic acids is 2. The van der Waals surface area contributed by atoms with Crippen LogP contribution in [0.4, 0.5) is 5.69 Å². The monoisotopic (exact) mass is 464 g/mol. The van der Waals surface area contributed by atoms with Gasteiger partial charge >= 0.3 is 5.97 Å². The maximum Gasteiger partial charge on any atom is 0.310 e. The van der Waals surface area contributed by atoms with E-state index in [4.69, 9.17) is 16.3 Å². The minimum absolute atomic E-state index is 0.0451. The van der Waals surface area contributed by atoms with Gasteiger partial charge in [-0.1, -0.05) is 48.7 Å². The number of ether oxygens (including phenoxy) is 1. The molecule has 0 radical (unpaired) electrons. The first-order valence-corrected chi connectivity index (χ1v) is 12.0. The van der Waals surface area contributed by atoms with Crippen LogP contribution in [-0.2, 0) is 30.8 Å². The lowest BCUT2D eigenvalue weighted by Gasteiger charge is -2.20. The molecular formula is C22H25ClN2O5S. The summed E-state index contributed by atoms with van der Waals surface area (Å²) in [6.45, 7) is 0.521. The molecule has 1 aliphatic rings. The minimum Gasteiger partial charge on any atom is -0.455 e. The summed E-state index contributed by atoms with van der Waals surface area (Å²) in [5.74, 6) is -1.14. The average Bonchev–Trinajstić information content (AvgIpc) is 3.04. The number of carbonyl (C=O) groups is 2. The third-order valence-corrected chi connectivity index (χ3v) is 7.24. The summed E-state index contributed by atoms with van der Waals surface area (Å²) in [4.78, 5) is 24.3. The van der Waals surface area contributed by atoms with E-state index >= 15 is 0 Å². The van der Waals surface area contributed by atoms with Gasteiger partial charge in [0.15, 0.2) is 6.61 Å². The average molecular weight is 465 g/mol. The van der Waals surface area contributed by atoms with Crippen LogP contribution in [0.5, 0.6) is 0 Å². The van der Waals surface area contributed by atoms with Crippen molar-refractivity contribution < 1.29 is 22.7 Å². The first kappa shape index (κ1) is 23.2. The molecule has 1 fully saturated rings. The molecule has 1 heterocycles. The fourth-order valence-corrected chi connectivity index (χ4v) is 5.12. The smallest absolute Gasteiger partial charge is 0.310 e. The largest absolute Gasteiger partial charge is 0.455 e. The molecule has 0 saturated carbocycles. The van der Waals surface area contributed by atoms with Crippen molar-refractivity contribution >= 4 is 39.2 Å². The Morgan fingerprint density at radius 1 is 1.00 bits per heavy atom. The highest BCUT2D eigenvalue weighted by Gasteiger charge is 2.25. The molecule has 0 spiro atoms. The van der Waals surface area contributed by atoms with Crippen molar-refractivity contribution in [2.45, 2.75) is 37.0 Å². The second-order valence-corrected chi connectivity index (χ2v) is 9.67. The third-order valence-electron chi connectivity index (χ3n) is 4.98. The number of nitrogens with zero attached hydrogens (tertiary/aromatic N) is 1. The molecule has 2 aromatic rings. The van der Waals surface area contributed by atoms with E-state index in [9.17, 15) is 18.0 Å².